The van der Waals surface area contributed by atoms with Gasteiger partial charge in [0.1, 0.15) is 0 Å². The van der Waals surface area contributed by atoms with Crippen molar-refractivity contribution < 1.29 is 14.2 Å². The Labute approximate surface area is 117 Å². The van der Waals surface area contributed by atoms with Crippen molar-refractivity contribution in [2.24, 2.45) is 0 Å². The molecule has 1 aliphatic rings. The molecule has 1 atom stereocenters. The van der Waals surface area contributed by atoms with E-state index >= 15 is 0 Å². The lowest BCUT2D eigenvalue weighted by Gasteiger charge is -2.16. The van der Waals surface area contributed by atoms with E-state index in [9.17, 15) is 0 Å². The van der Waals surface area contributed by atoms with Crippen LogP contribution < -0.4 is 19.5 Å². The first-order valence-electron chi connectivity index (χ1n) is 6.42. The summed E-state index contributed by atoms with van der Waals surface area (Å²) in [4.78, 5) is 4.17. The standard InChI is InChI=1S/C15H16N2O3/c1-10(17-12-4-6-15(18-2)16-8-12)11-3-5-13-14(7-11)20-9-19-13/h3-8,10,17H,9H2,1-2H3. The molecule has 1 N–H and O–H groups in total. The molecule has 0 amide bonds. The van der Waals surface area contributed by atoms with Crippen LogP contribution in [0.15, 0.2) is 36.5 Å². The van der Waals surface area contributed by atoms with Gasteiger partial charge in [-0.2, -0.15) is 0 Å². The minimum absolute atomic E-state index is 0.139. The summed E-state index contributed by atoms with van der Waals surface area (Å²) in [6, 6.07) is 9.87. The zero-order valence-corrected chi connectivity index (χ0v) is 11.4. The van der Waals surface area contributed by atoms with E-state index in [2.05, 4.69) is 17.2 Å². The second-order valence-electron chi connectivity index (χ2n) is 4.57. The maximum Gasteiger partial charge on any atom is 0.231 e. The van der Waals surface area contributed by atoms with Gasteiger partial charge in [0.25, 0.3) is 0 Å². The molecule has 5 nitrogen and oxygen atoms in total. The fourth-order valence-corrected chi connectivity index (χ4v) is 2.10. The molecule has 2 heterocycles. The number of methoxy groups -OCH3 is 1. The molecule has 1 aromatic heterocycles. The lowest BCUT2D eigenvalue weighted by molar-refractivity contribution is 0.174. The van der Waals surface area contributed by atoms with Crippen molar-refractivity contribution in [2.75, 3.05) is 19.2 Å². The molecule has 0 radical (unpaired) electrons. The molecule has 5 heteroatoms. The van der Waals surface area contributed by atoms with Gasteiger partial charge in [-0.25, -0.2) is 4.98 Å². The third-order valence-corrected chi connectivity index (χ3v) is 3.23. The highest BCUT2D eigenvalue weighted by atomic mass is 16.7. The summed E-state index contributed by atoms with van der Waals surface area (Å²) in [6.45, 7) is 2.38. The minimum Gasteiger partial charge on any atom is -0.481 e. The van der Waals surface area contributed by atoms with E-state index < -0.39 is 0 Å². The maximum atomic E-state index is 5.39. The van der Waals surface area contributed by atoms with Crippen molar-refractivity contribution in [3.8, 4) is 17.4 Å². The number of pyridine rings is 1. The number of rotatable bonds is 4. The number of fused-ring (bicyclic) bond motifs is 1. The van der Waals surface area contributed by atoms with Crippen LogP contribution in [0.5, 0.6) is 17.4 Å². The van der Waals surface area contributed by atoms with E-state index in [0.29, 0.717) is 12.7 Å². The average Bonchev–Trinajstić information content (AvgIpc) is 2.95. The molecule has 104 valence electrons. The molecular weight excluding hydrogens is 256 g/mol. The first-order valence-corrected chi connectivity index (χ1v) is 6.42. The van der Waals surface area contributed by atoms with Crippen LogP contribution in [0.1, 0.15) is 18.5 Å². The predicted molar refractivity (Wildman–Crippen MR) is 75.4 cm³/mol. The maximum absolute atomic E-state index is 5.39. The number of hydrogen-bond acceptors (Lipinski definition) is 5. The van der Waals surface area contributed by atoms with Crippen LogP contribution in [0, 0.1) is 0 Å². The van der Waals surface area contributed by atoms with E-state index in [4.69, 9.17) is 14.2 Å². The Bertz CT molecular complexity index is 599. The first kappa shape index (κ1) is 12.6. The minimum atomic E-state index is 0.139. The molecule has 0 spiro atoms. The van der Waals surface area contributed by atoms with Crippen molar-refractivity contribution in [1.82, 2.24) is 4.98 Å². The molecule has 0 saturated heterocycles. The zero-order valence-electron chi connectivity index (χ0n) is 11.4. The van der Waals surface area contributed by atoms with Crippen LogP contribution in [0.4, 0.5) is 5.69 Å². The van der Waals surface area contributed by atoms with Gasteiger partial charge in [0, 0.05) is 12.1 Å². The van der Waals surface area contributed by atoms with Gasteiger partial charge in [-0.1, -0.05) is 6.07 Å². The van der Waals surface area contributed by atoms with Gasteiger partial charge in [0.2, 0.25) is 12.7 Å². The fourth-order valence-electron chi connectivity index (χ4n) is 2.10. The second kappa shape index (κ2) is 5.28. The lowest BCUT2D eigenvalue weighted by Crippen LogP contribution is -2.06. The van der Waals surface area contributed by atoms with E-state index in [1.165, 1.54) is 0 Å². The largest absolute Gasteiger partial charge is 0.481 e. The molecule has 0 fully saturated rings. The number of aromatic nitrogens is 1. The topological polar surface area (TPSA) is 52.6 Å². The highest BCUT2D eigenvalue weighted by molar-refractivity contribution is 5.49. The summed E-state index contributed by atoms with van der Waals surface area (Å²) >= 11 is 0. The third-order valence-electron chi connectivity index (χ3n) is 3.23. The van der Waals surface area contributed by atoms with Gasteiger partial charge < -0.3 is 19.5 Å². The number of nitrogens with one attached hydrogen (secondary N) is 1. The summed E-state index contributed by atoms with van der Waals surface area (Å²) in [6.07, 6.45) is 1.75. The zero-order chi connectivity index (χ0) is 13.9. The molecule has 3 rings (SSSR count). The average molecular weight is 272 g/mol. The molecule has 0 saturated carbocycles. The van der Waals surface area contributed by atoms with Crippen molar-refractivity contribution in [2.45, 2.75) is 13.0 Å². The van der Waals surface area contributed by atoms with Crippen LogP contribution in [0.2, 0.25) is 0 Å². The van der Waals surface area contributed by atoms with Gasteiger partial charge in [0.05, 0.1) is 19.0 Å². The quantitative estimate of drug-likeness (QED) is 0.927. The van der Waals surface area contributed by atoms with Crippen molar-refractivity contribution >= 4 is 5.69 Å². The van der Waals surface area contributed by atoms with Gasteiger partial charge in [-0.3, -0.25) is 0 Å². The van der Waals surface area contributed by atoms with Crippen LogP contribution in [-0.2, 0) is 0 Å². The number of ether oxygens (including phenoxy) is 3. The van der Waals surface area contributed by atoms with E-state index in [0.717, 1.165) is 22.7 Å². The summed E-state index contributed by atoms with van der Waals surface area (Å²) in [5.74, 6) is 2.20. The molecule has 1 aromatic carbocycles. The van der Waals surface area contributed by atoms with Crippen molar-refractivity contribution in [3.05, 3.63) is 42.1 Å². The van der Waals surface area contributed by atoms with Gasteiger partial charge in [-0.15, -0.1) is 0 Å². The highest BCUT2D eigenvalue weighted by Gasteiger charge is 2.15. The van der Waals surface area contributed by atoms with E-state index in [1.54, 1.807) is 13.3 Å². The molecule has 1 aliphatic heterocycles. The molecule has 20 heavy (non-hydrogen) atoms. The Balaban J connectivity index is 1.73. The monoisotopic (exact) mass is 272 g/mol. The van der Waals surface area contributed by atoms with Crippen LogP contribution in [0.25, 0.3) is 0 Å². The molecular formula is C15H16N2O3. The Morgan fingerprint density at radius 3 is 2.80 bits per heavy atom. The van der Waals surface area contributed by atoms with E-state index in [1.807, 2.05) is 30.3 Å². The Morgan fingerprint density at radius 1 is 1.20 bits per heavy atom. The molecule has 2 aromatic rings. The Morgan fingerprint density at radius 2 is 2.05 bits per heavy atom. The Hall–Kier alpha value is -2.43. The second-order valence-corrected chi connectivity index (χ2v) is 4.57. The van der Waals surface area contributed by atoms with E-state index in [-0.39, 0.29) is 6.04 Å². The van der Waals surface area contributed by atoms with Gasteiger partial charge in [0.15, 0.2) is 11.5 Å². The number of benzene rings is 1. The van der Waals surface area contributed by atoms with Gasteiger partial charge in [-0.05, 0) is 30.7 Å². The molecule has 0 aliphatic carbocycles. The summed E-state index contributed by atoms with van der Waals surface area (Å²) in [7, 11) is 1.60. The SMILES string of the molecule is COc1ccc(NC(C)c2ccc3c(c2)OCO3)cn1. The smallest absolute Gasteiger partial charge is 0.231 e. The molecule has 1 unspecified atom stereocenters. The highest BCUT2D eigenvalue weighted by Crippen LogP contribution is 2.34. The van der Waals surface area contributed by atoms with Crippen LogP contribution >= 0.6 is 0 Å². The van der Waals surface area contributed by atoms with Crippen molar-refractivity contribution in [3.63, 3.8) is 0 Å². The van der Waals surface area contributed by atoms with Gasteiger partial charge >= 0.3 is 0 Å². The molecule has 0 bridgehead atoms. The predicted octanol–water partition coefficient (Wildman–Crippen LogP) is 2.99. The summed E-state index contributed by atoms with van der Waals surface area (Å²) in [5, 5.41) is 3.39. The van der Waals surface area contributed by atoms with Crippen LogP contribution in [0.3, 0.4) is 0 Å². The lowest BCUT2D eigenvalue weighted by atomic mass is 10.1. The third kappa shape index (κ3) is 2.47. The number of nitrogens with zero attached hydrogens (tertiary/aromatic N) is 1. The number of anilines is 1. The summed E-state index contributed by atoms with van der Waals surface area (Å²) < 4.78 is 15.7. The number of hydrogen-bond donors (Lipinski definition) is 1. The van der Waals surface area contributed by atoms with Crippen molar-refractivity contribution in [1.29, 1.82) is 0 Å². The normalized spacial score (nSPS) is 13.9. The first-order chi connectivity index (χ1) is 9.76. The summed E-state index contributed by atoms with van der Waals surface area (Å²) in [5.41, 5.74) is 2.07. The Kier molecular flexibility index (Phi) is 3.33. The fraction of sp³-hybridized carbons (Fsp3) is 0.267. The van der Waals surface area contributed by atoms with Crippen LogP contribution in [-0.4, -0.2) is 18.9 Å².